The SMILES string of the molecule is O=C(c1ccccc1)N1CCC[C@H]1c1nc(-c2ccc(F)cc2)no1. The Bertz CT molecular complexity index is 877. The van der Waals surface area contributed by atoms with Gasteiger partial charge in [0, 0.05) is 17.7 Å². The maximum atomic E-state index is 13.0. The van der Waals surface area contributed by atoms with Gasteiger partial charge in [0.25, 0.3) is 5.91 Å². The molecule has 0 spiro atoms. The van der Waals surface area contributed by atoms with Crippen molar-refractivity contribution in [2.24, 2.45) is 0 Å². The molecule has 126 valence electrons. The summed E-state index contributed by atoms with van der Waals surface area (Å²) in [6, 6.07) is 14.9. The number of nitrogens with zero attached hydrogens (tertiary/aromatic N) is 3. The van der Waals surface area contributed by atoms with E-state index >= 15 is 0 Å². The van der Waals surface area contributed by atoms with Crippen LogP contribution in [-0.4, -0.2) is 27.5 Å². The van der Waals surface area contributed by atoms with Crippen molar-refractivity contribution < 1.29 is 13.7 Å². The highest BCUT2D eigenvalue weighted by Crippen LogP contribution is 2.33. The standard InChI is InChI=1S/C19H16FN3O2/c20-15-10-8-13(9-11-15)17-21-18(25-22-17)16-7-4-12-23(16)19(24)14-5-2-1-3-6-14/h1-3,5-6,8-11,16H,4,7,12H2/t16-/m0/s1. The third kappa shape index (κ3) is 3.03. The van der Waals surface area contributed by atoms with Crippen LogP contribution in [0, 0.1) is 5.82 Å². The van der Waals surface area contributed by atoms with Crippen LogP contribution in [0.15, 0.2) is 59.1 Å². The van der Waals surface area contributed by atoms with Crippen molar-refractivity contribution >= 4 is 5.91 Å². The van der Waals surface area contributed by atoms with Crippen LogP contribution in [0.3, 0.4) is 0 Å². The van der Waals surface area contributed by atoms with Gasteiger partial charge in [-0.2, -0.15) is 4.98 Å². The van der Waals surface area contributed by atoms with E-state index in [4.69, 9.17) is 4.52 Å². The molecule has 0 N–H and O–H groups in total. The fraction of sp³-hybridized carbons (Fsp3) is 0.211. The zero-order valence-electron chi connectivity index (χ0n) is 13.4. The number of halogens is 1. The van der Waals surface area contributed by atoms with E-state index in [-0.39, 0.29) is 17.8 Å². The number of aromatic nitrogens is 2. The van der Waals surface area contributed by atoms with Crippen molar-refractivity contribution in [2.75, 3.05) is 6.54 Å². The van der Waals surface area contributed by atoms with E-state index < -0.39 is 0 Å². The van der Waals surface area contributed by atoms with Gasteiger partial charge in [0.2, 0.25) is 11.7 Å². The summed E-state index contributed by atoms with van der Waals surface area (Å²) in [5.74, 6) is 0.461. The molecular formula is C19H16FN3O2. The molecule has 2 aromatic carbocycles. The Balaban J connectivity index is 1.59. The summed E-state index contributed by atoms with van der Waals surface area (Å²) in [4.78, 5) is 18.9. The summed E-state index contributed by atoms with van der Waals surface area (Å²) in [6.45, 7) is 0.659. The number of amides is 1. The molecule has 2 heterocycles. The minimum Gasteiger partial charge on any atom is -0.337 e. The molecule has 1 aromatic heterocycles. The molecule has 5 nitrogen and oxygen atoms in total. The third-order valence-electron chi connectivity index (χ3n) is 4.36. The van der Waals surface area contributed by atoms with E-state index in [0.717, 1.165) is 12.8 Å². The summed E-state index contributed by atoms with van der Waals surface area (Å²) < 4.78 is 18.4. The molecule has 3 aromatic rings. The van der Waals surface area contributed by atoms with Gasteiger partial charge in [-0.25, -0.2) is 4.39 Å². The molecule has 1 atom stereocenters. The molecule has 6 heteroatoms. The van der Waals surface area contributed by atoms with Crippen LogP contribution in [0.25, 0.3) is 11.4 Å². The Morgan fingerprint density at radius 2 is 1.88 bits per heavy atom. The smallest absolute Gasteiger partial charge is 0.254 e. The number of rotatable bonds is 3. The highest BCUT2D eigenvalue weighted by atomic mass is 19.1. The van der Waals surface area contributed by atoms with Gasteiger partial charge in [-0.3, -0.25) is 4.79 Å². The molecule has 0 radical (unpaired) electrons. The van der Waals surface area contributed by atoms with Crippen molar-refractivity contribution in [1.29, 1.82) is 0 Å². The first-order chi connectivity index (χ1) is 12.2. The minimum absolute atomic E-state index is 0.0374. The lowest BCUT2D eigenvalue weighted by atomic mass is 10.1. The second-order valence-corrected chi connectivity index (χ2v) is 5.99. The molecule has 1 amide bonds. The molecule has 25 heavy (non-hydrogen) atoms. The van der Waals surface area contributed by atoms with Crippen LogP contribution in [0.5, 0.6) is 0 Å². The zero-order valence-corrected chi connectivity index (χ0v) is 13.4. The first-order valence-corrected chi connectivity index (χ1v) is 8.18. The number of carbonyl (C=O) groups excluding carboxylic acids is 1. The number of hydrogen-bond acceptors (Lipinski definition) is 4. The van der Waals surface area contributed by atoms with Gasteiger partial charge >= 0.3 is 0 Å². The normalized spacial score (nSPS) is 17.0. The summed E-state index contributed by atoms with van der Waals surface area (Å²) in [5.41, 5.74) is 1.32. The number of hydrogen-bond donors (Lipinski definition) is 0. The Labute approximate surface area is 144 Å². The molecule has 1 fully saturated rings. The molecule has 0 bridgehead atoms. The predicted octanol–water partition coefficient (Wildman–Crippen LogP) is 3.85. The Morgan fingerprint density at radius 3 is 2.64 bits per heavy atom. The van der Waals surface area contributed by atoms with E-state index in [0.29, 0.717) is 29.4 Å². The van der Waals surface area contributed by atoms with Crippen molar-refractivity contribution in [1.82, 2.24) is 15.0 Å². The number of carbonyl (C=O) groups is 1. The van der Waals surface area contributed by atoms with Gasteiger partial charge in [0.15, 0.2) is 0 Å². The summed E-state index contributed by atoms with van der Waals surface area (Å²) >= 11 is 0. The Morgan fingerprint density at radius 1 is 1.12 bits per heavy atom. The maximum absolute atomic E-state index is 13.0. The average Bonchev–Trinajstić information content (AvgIpc) is 3.31. The zero-order chi connectivity index (χ0) is 17.2. The van der Waals surface area contributed by atoms with E-state index in [1.165, 1.54) is 12.1 Å². The summed E-state index contributed by atoms with van der Waals surface area (Å²) in [5, 5.41) is 3.98. The summed E-state index contributed by atoms with van der Waals surface area (Å²) in [7, 11) is 0. The minimum atomic E-state index is -0.317. The maximum Gasteiger partial charge on any atom is 0.254 e. The van der Waals surface area contributed by atoms with Crippen LogP contribution in [0.2, 0.25) is 0 Å². The van der Waals surface area contributed by atoms with Crippen molar-refractivity contribution in [3.63, 3.8) is 0 Å². The fourth-order valence-electron chi connectivity index (χ4n) is 3.10. The van der Waals surface area contributed by atoms with Crippen LogP contribution in [0.1, 0.15) is 35.1 Å². The first-order valence-electron chi connectivity index (χ1n) is 8.18. The van der Waals surface area contributed by atoms with E-state index in [1.807, 2.05) is 18.2 Å². The second-order valence-electron chi connectivity index (χ2n) is 5.99. The second kappa shape index (κ2) is 6.47. The van der Waals surface area contributed by atoms with Crippen LogP contribution in [-0.2, 0) is 0 Å². The quantitative estimate of drug-likeness (QED) is 0.728. The predicted molar refractivity (Wildman–Crippen MR) is 89.1 cm³/mol. The fourth-order valence-corrected chi connectivity index (χ4v) is 3.10. The average molecular weight is 337 g/mol. The van der Waals surface area contributed by atoms with Crippen molar-refractivity contribution in [2.45, 2.75) is 18.9 Å². The van der Waals surface area contributed by atoms with E-state index in [1.54, 1.807) is 29.2 Å². The monoisotopic (exact) mass is 337 g/mol. The summed E-state index contributed by atoms with van der Waals surface area (Å²) in [6.07, 6.45) is 1.67. The van der Waals surface area contributed by atoms with Gasteiger partial charge in [-0.05, 0) is 49.2 Å². The number of benzene rings is 2. The lowest BCUT2D eigenvalue weighted by Crippen LogP contribution is -2.30. The van der Waals surface area contributed by atoms with Gasteiger partial charge in [-0.15, -0.1) is 0 Å². The van der Waals surface area contributed by atoms with Gasteiger partial charge in [0.1, 0.15) is 11.9 Å². The van der Waals surface area contributed by atoms with Crippen molar-refractivity contribution in [3.8, 4) is 11.4 Å². The van der Waals surface area contributed by atoms with E-state index in [2.05, 4.69) is 10.1 Å². The van der Waals surface area contributed by atoms with Crippen molar-refractivity contribution in [3.05, 3.63) is 71.9 Å². The topological polar surface area (TPSA) is 59.2 Å². The lowest BCUT2D eigenvalue weighted by Gasteiger charge is -2.21. The largest absolute Gasteiger partial charge is 0.337 e. The highest BCUT2D eigenvalue weighted by molar-refractivity contribution is 5.94. The molecule has 1 aliphatic heterocycles. The molecular weight excluding hydrogens is 321 g/mol. The molecule has 1 aliphatic rings. The van der Waals surface area contributed by atoms with Gasteiger partial charge in [-0.1, -0.05) is 23.4 Å². The highest BCUT2D eigenvalue weighted by Gasteiger charge is 2.34. The Kier molecular flexibility index (Phi) is 4.01. The lowest BCUT2D eigenvalue weighted by molar-refractivity contribution is 0.0710. The van der Waals surface area contributed by atoms with Crippen LogP contribution in [0.4, 0.5) is 4.39 Å². The molecule has 0 aliphatic carbocycles. The van der Waals surface area contributed by atoms with Crippen LogP contribution >= 0.6 is 0 Å². The molecule has 0 saturated carbocycles. The van der Waals surface area contributed by atoms with E-state index in [9.17, 15) is 9.18 Å². The first kappa shape index (κ1) is 15.5. The van der Waals surface area contributed by atoms with Gasteiger partial charge < -0.3 is 9.42 Å². The molecule has 4 rings (SSSR count). The number of likely N-dealkylation sites (tertiary alicyclic amines) is 1. The third-order valence-corrected chi connectivity index (χ3v) is 4.36. The van der Waals surface area contributed by atoms with Crippen LogP contribution < -0.4 is 0 Å². The molecule has 1 saturated heterocycles. The Hall–Kier alpha value is -3.02. The van der Waals surface area contributed by atoms with Gasteiger partial charge in [0.05, 0.1) is 0 Å². The molecule has 0 unspecified atom stereocenters.